The first-order chi connectivity index (χ1) is 14.3. The molecule has 0 unspecified atom stereocenters. The van der Waals surface area contributed by atoms with E-state index >= 15 is 0 Å². The molecule has 156 valence electrons. The van der Waals surface area contributed by atoms with E-state index in [-0.39, 0.29) is 0 Å². The summed E-state index contributed by atoms with van der Waals surface area (Å²) in [4.78, 5) is 17.6. The molecule has 2 heterocycles. The van der Waals surface area contributed by atoms with Crippen LogP contribution in [-0.4, -0.2) is 81.8 Å². The fourth-order valence-electron chi connectivity index (χ4n) is 4.60. The summed E-state index contributed by atoms with van der Waals surface area (Å²) >= 11 is 0. The molecule has 29 heavy (non-hydrogen) atoms. The molecule has 0 saturated carbocycles. The van der Waals surface area contributed by atoms with Crippen molar-refractivity contribution in [1.29, 1.82) is 0 Å². The number of carbonyl (C=O) groups is 1. The highest BCUT2D eigenvalue weighted by Crippen LogP contribution is 2.35. The van der Waals surface area contributed by atoms with Crippen LogP contribution in [-0.2, 0) is 19.7 Å². The molecule has 0 bridgehead atoms. The molecule has 5 heteroatoms. The highest BCUT2D eigenvalue weighted by Gasteiger charge is 2.34. The summed E-state index contributed by atoms with van der Waals surface area (Å²) in [7, 11) is 0. The molecule has 2 saturated heterocycles. The monoisotopic (exact) mass is 396 g/mol. The Labute approximate surface area is 173 Å². The maximum atomic E-state index is 12.7. The average Bonchev–Trinajstić information content (AvgIpc) is 2.81. The van der Waals surface area contributed by atoms with Crippen LogP contribution in [0.25, 0.3) is 10.8 Å². The molecule has 5 nitrogen and oxygen atoms in total. The third kappa shape index (κ3) is 4.86. The van der Waals surface area contributed by atoms with Gasteiger partial charge in [-0.05, 0) is 42.3 Å². The second-order valence-electron chi connectivity index (χ2n) is 8.21. The molecule has 0 N–H and O–H groups in total. The van der Waals surface area contributed by atoms with Crippen LogP contribution in [0.3, 0.4) is 0 Å². The summed E-state index contributed by atoms with van der Waals surface area (Å²) in [5, 5.41) is 2.40. The van der Waals surface area contributed by atoms with E-state index in [1.54, 1.807) is 0 Å². The van der Waals surface area contributed by atoms with E-state index in [0.717, 1.165) is 78.5 Å². The minimum Gasteiger partial charge on any atom is -0.379 e. The third-order valence-electron chi connectivity index (χ3n) is 6.51. The Morgan fingerprint density at radius 1 is 0.793 bits per heavy atom. The van der Waals surface area contributed by atoms with Crippen LogP contribution in [0.15, 0.2) is 42.5 Å². The number of morpholine rings is 2. The van der Waals surface area contributed by atoms with Crippen LogP contribution < -0.4 is 0 Å². The summed E-state index contributed by atoms with van der Waals surface area (Å²) < 4.78 is 11.0. The Hall–Kier alpha value is -1.79. The van der Waals surface area contributed by atoms with Gasteiger partial charge in [-0.15, -0.1) is 0 Å². The Balaban J connectivity index is 1.61. The number of hydrogen-bond donors (Lipinski definition) is 0. The Morgan fingerprint density at radius 3 is 1.93 bits per heavy atom. The maximum absolute atomic E-state index is 12.7. The number of carbonyl (C=O) groups excluding carboxylic acids is 1. The lowest BCUT2D eigenvalue weighted by Crippen LogP contribution is -2.43. The van der Waals surface area contributed by atoms with Gasteiger partial charge in [0.1, 0.15) is 6.29 Å². The SMILES string of the molecule is O=CC(CCN1CCOCC1)(CCN1CCOCC1)c1cccc2ccccc12. The molecule has 4 rings (SSSR count). The van der Waals surface area contributed by atoms with Crippen molar-refractivity contribution in [3.05, 3.63) is 48.0 Å². The predicted molar refractivity (Wildman–Crippen MR) is 115 cm³/mol. The van der Waals surface area contributed by atoms with Crippen molar-refractivity contribution in [2.75, 3.05) is 65.7 Å². The lowest BCUT2D eigenvalue weighted by molar-refractivity contribution is -0.113. The number of nitrogens with zero attached hydrogens (tertiary/aromatic N) is 2. The zero-order chi connectivity index (χ0) is 19.9. The van der Waals surface area contributed by atoms with E-state index in [1.165, 1.54) is 22.6 Å². The molecule has 0 aromatic heterocycles. The zero-order valence-corrected chi connectivity index (χ0v) is 17.2. The molecule has 2 fully saturated rings. The largest absolute Gasteiger partial charge is 0.379 e. The maximum Gasteiger partial charge on any atom is 0.130 e. The van der Waals surface area contributed by atoms with Crippen LogP contribution in [0.4, 0.5) is 0 Å². The summed E-state index contributed by atoms with van der Waals surface area (Å²) in [6.07, 6.45) is 2.92. The van der Waals surface area contributed by atoms with Gasteiger partial charge in [-0.3, -0.25) is 9.80 Å². The fraction of sp³-hybridized carbons (Fsp3) is 0.542. The summed E-state index contributed by atoms with van der Waals surface area (Å²) in [6.45, 7) is 8.81. The fourth-order valence-corrected chi connectivity index (χ4v) is 4.60. The molecule has 2 aliphatic heterocycles. The smallest absolute Gasteiger partial charge is 0.130 e. The number of benzene rings is 2. The quantitative estimate of drug-likeness (QED) is 0.642. The Morgan fingerprint density at radius 2 is 1.34 bits per heavy atom. The lowest BCUT2D eigenvalue weighted by Gasteiger charge is -2.36. The highest BCUT2D eigenvalue weighted by atomic mass is 16.5. The van der Waals surface area contributed by atoms with Gasteiger partial charge >= 0.3 is 0 Å². The molecular formula is C24H32N2O3. The predicted octanol–water partition coefficient (Wildman–Crippen LogP) is 2.72. The first kappa shape index (κ1) is 20.5. The first-order valence-electron chi connectivity index (χ1n) is 10.9. The Kier molecular flexibility index (Phi) is 6.93. The zero-order valence-electron chi connectivity index (χ0n) is 17.2. The number of ether oxygens (including phenoxy) is 2. The third-order valence-corrected chi connectivity index (χ3v) is 6.51. The van der Waals surface area contributed by atoms with E-state index in [0.29, 0.717) is 0 Å². The molecule has 2 aliphatic rings. The van der Waals surface area contributed by atoms with Crippen LogP contribution in [0.5, 0.6) is 0 Å². The molecule has 2 aromatic rings. The van der Waals surface area contributed by atoms with Gasteiger partial charge in [-0.1, -0.05) is 42.5 Å². The van der Waals surface area contributed by atoms with Gasteiger partial charge in [0, 0.05) is 26.2 Å². The van der Waals surface area contributed by atoms with Gasteiger partial charge < -0.3 is 14.3 Å². The van der Waals surface area contributed by atoms with Crippen LogP contribution in [0, 0.1) is 0 Å². The van der Waals surface area contributed by atoms with Crippen molar-refractivity contribution < 1.29 is 14.3 Å². The summed E-state index contributed by atoms with van der Waals surface area (Å²) in [5.74, 6) is 0. The first-order valence-corrected chi connectivity index (χ1v) is 10.9. The molecule has 0 radical (unpaired) electrons. The number of rotatable bonds is 8. The summed E-state index contributed by atoms with van der Waals surface area (Å²) in [5.41, 5.74) is 0.699. The van der Waals surface area contributed by atoms with Crippen LogP contribution in [0.2, 0.25) is 0 Å². The van der Waals surface area contributed by atoms with E-state index in [2.05, 4.69) is 52.3 Å². The minimum atomic E-state index is -0.475. The Bertz CT molecular complexity index is 770. The number of aldehydes is 1. The van der Waals surface area contributed by atoms with Crippen molar-refractivity contribution in [2.24, 2.45) is 0 Å². The molecule has 2 aromatic carbocycles. The molecular weight excluding hydrogens is 364 g/mol. The van der Waals surface area contributed by atoms with Crippen molar-refractivity contribution in [1.82, 2.24) is 9.80 Å². The van der Waals surface area contributed by atoms with Gasteiger partial charge in [0.25, 0.3) is 0 Å². The van der Waals surface area contributed by atoms with Crippen molar-refractivity contribution >= 4 is 17.1 Å². The van der Waals surface area contributed by atoms with Gasteiger partial charge in [-0.2, -0.15) is 0 Å². The second-order valence-corrected chi connectivity index (χ2v) is 8.21. The van der Waals surface area contributed by atoms with E-state index < -0.39 is 5.41 Å². The average molecular weight is 397 g/mol. The van der Waals surface area contributed by atoms with Gasteiger partial charge in [-0.25, -0.2) is 0 Å². The topological polar surface area (TPSA) is 42.0 Å². The van der Waals surface area contributed by atoms with E-state index in [1.807, 2.05) is 0 Å². The van der Waals surface area contributed by atoms with Crippen molar-refractivity contribution in [2.45, 2.75) is 18.3 Å². The molecule has 0 aliphatic carbocycles. The van der Waals surface area contributed by atoms with Crippen LogP contribution in [0.1, 0.15) is 18.4 Å². The number of hydrogen-bond acceptors (Lipinski definition) is 5. The lowest BCUT2D eigenvalue weighted by atomic mass is 9.74. The van der Waals surface area contributed by atoms with Crippen molar-refractivity contribution in [3.8, 4) is 0 Å². The summed E-state index contributed by atoms with van der Waals surface area (Å²) in [6, 6.07) is 14.8. The molecule has 0 amide bonds. The highest BCUT2D eigenvalue weighted by molar-refractivity contribution is 5.90. The van der Waals surface area contributed by atoms with Crippen LogP contribution >= 0.6 is 0 Å². The second kappa shape index (κ2) is 9.81. The normalized spacial score (nSPS) is 19.4. The molecule has 0 spiro atoms. The standard InChI is InChI=1S/C24H32N2O3/c27-20-24(8-10-25-12-16-28-17-13-25,9-11-26-14-18-29-19-15-26)23-7-3-5-21-4-1-2-6-22(21)23/h1-7,20H,8-19H2. The van der Waals surface area contributed by atoms with Gasteiger partial charge in [0.05, 0.1) is 31.8 Å². The molecule has 0 atom stereocenters. The van der Waals surface area contributed by atoms with E-state index in [4.69, 9.17) is 9.47 Å². The van der Waals surface area contributed by atoms with E-state index in [9.17, 15) is 4.79 Å². The number of fused-ring (bicyclic) bond motifs is 1. The van der Waals surface area contributed by atoms with Crippen molar-refractivity contribution in [3.63, 3.8) is 0 Å². The minimum absolute atomic E-state index is 0.475. The van der Waals surface area contributed by atoms with Gasteiger partial charge in [0.2, 0.25) is 0 Å². The van der Waals surface area contributed by atoms with Gasteiger partial charge in [0.15, 0.2) is 0 Å².